The Morgan fingerprint density at radius 3 is 2.97 bits per heavy atom. The summed E-state index contributed by atoms with van der Waals surface area (Å²) in [4.78, 5) is 31.0. The van der Waals surface area contributed by atoms with Crippen molar-refractivity contribution in [1.29, 1.82) is 0 Å². The van der Waals surface area contributed by atoms with Crippen LogP contribution in [0.2, 0.25) is 5.02 Å². The van der Waals surface area contributed by atoms with Crippen LogP contribution in [0.1, 0.15) is 21.7 Å². The third-order valence-electron chi connectivity index (χ3n) is 4.88. The molecule has 9 nitrogen and oxygen atoms in total. The number of halogens is 1. The van der Waals surface area contributed by atoms with Gasteiger partial charge in [0.15, 0.2) is 11.5 Å². The zero-order valence-electron chi connectivity index (χ0n) is 15.7. The summed E-state index contributed by atoms with van der Waals surface area (Å²) < 4.78 is 1.89. The smallest absolute Gasteiger partial charge is 0.268 e. The SMILES string of the molecule is Nc1ncnc2c1ncn2Cc1cc(Cl)cc2cc(CNC(=O)c3ccc[nH]3)[nH]c12. The molecule has 5 aromatic rings. The Labute approximate surface area is 175 Å². The van der Waals surface area contributed by atoms with Crippen LogP contribution in [-0.4, -0.2) is 35.4 Å². The van der Waals surface area contributed by atoms with E-state index in [4.69, 9.17) is 17.3 Å². The summed E-state index contributed by atoms with van der Waals surface area (Å²) in [7, 11) is 0. The van der Waals surface area contributed by atoms with Gasteiger partial charge in [0.05, 0.1) is 24.9 Å². The van der Waals surface area contributed by atoms with E-state index in [1.165, 1.54) is 6.33 Å². The van der Waals surface area contributed by atoms with E-state index < -0.39 is 0 Å². The van der Waals surface area contributed by atoms with Crippen LogP contribution in [0.25, 0.3) is 22.1 Å². The lowest BCUT2D eigenvalue weighted by molar-refractivity contribution is 0.0946. The van der Waals surface area contributed by atoms with E-state index in [1.807, 2.05) is 22.8 Å². The third kappa shape index (κ3) is 3.25. The Morgan fingerprint density at radius 2 is 2.13 bits per heavy atom. The lowest BCUT2D eigenvalue weighted by Crippen LogP contribution is -2.23. The van der Waals surface area contributed by atoms with Gasteiger partial charge in [0, 0.05) is 22.3 Å². The van der Waals surface area contributed by atoms with Crippen LogP contribution < -0.4 is 11.1 Å². The molecule has 0 saturated carbocycles. The molecule has 1 amide bonds. The second kappa shape index (κ2) is 7.20. The van der Waals surface area contributed by atoms with Gasteiger partial charge >= 0.3 is 0 Å². The molecule has 0 aliphatic carbocycles. The summed E-state index contributed by atoms with van der Waals surface area (Å²) in [5, 5.41) is 4.47. The zero-order chi connectivity index (χ0) is 20.7. The maximum atomic E-state index is 12.2. The molecule has 0 radical (unpaired) electrons. The molecular formula is C20H17ClN8O. The van der Waals surface area contributed by atoms with Crippen molar-refractivity contribution in [2.45, 2.75) is 13.1 Å². The first-order chi connectivity index (χ1) is 14.6. The molecule has 30 heavy (non-hydrogen) atoms. The van der Waals surface area contributed by atoms with Crippen molar-refractivity contribution in [3.8, 4) is 0 Å². The predicted molar refractivity (Wildman–Crippen MR) is 114 cm³/mol. The highest BCUT2D eigenvalue weighted by Crippen LogP contribution is 2.26. The molecule has 4 aromatic heterocycles. The van der Waals surface area contributed by atoms with Gasteiger partial charge in [-0.2, -0.15) is 0 Å². The molecule has 5 N–H and O–H groups in total. The number of rotatable bonds is 5. The van der Waals surface area contributed by atoms with E-state index in [9.17, 15) is 4.79 Å². The van der Waals surface area contributed by atoms with E-state index >= 15 is 0 Å². The fourth-order valence-electron chi connectivity index (χ4n) is 3.50. The number of nitrogens with one attached hydrogen (secondary N) is 3. The minimum Gasteiger partial charge on any atom is -0.382 e. The van der Waals surface area contributed by atoms with Crippen LogP contribution in [0.3, 0.4) is 0 Å². The van der Waals surface area contributed by atoms with E-state index in [2.05, 4.69) is 30.2 Å². The van der Waals surface area contributed by atoms with Crippen molar-refractivity contribution in [1.82, 2.24) is 34.8 Å². The molecule has 5 rings (SSSR count). The Bertz CT molecular complexity index is 1370. The van der Waals surface area contributed by atoms with Crippen molar-refractivity contribution >= 4 is 45.4 Å². The van der Waals surface area contributed by atoms with Crippen LogP contribution in [-0.2, 0) is 13.1 Å². The highest BCUT2D eigenvalue weighted by molar-refractivity contribution is 6.31. The number of H-pyrrole nitrogens is 2. The van der Waals surface area contributed by atoms with Gasteiger partial charge in [0.2, 0.25) is 0 Å². The zero-order valence-corrected chi connectivity index (χ0v) is 16.4. The molecule has 0 atom stereocenters. The molecule has 1 aromatic carbocycles. The van der Waals surface area contributed by atoms with Gasteiger partial charge in [-0.3, -0.25) is 4.79 Å². The fourth-order valence-corrected chi connectivity index (χ4v) is 3.75. The number of hydrogen-bond acceptors (Lipinski definition) is 5. The lowest BCUT2D eigenvalue weighted by Gasteiger charge is -2.07. The minimum absolute atomic E-state index is 0.168. The normalized spacial score (nSPS) is 11.4. The van der Waals surface area contributed by atoms with Gasteiger partial charge in [0.25, 0.3) is 5.91 Å². The van der Waals surface area contributed by atoms with Crippen LogP contribution in [0, 0.1) is 0 Å². The second-order valence-electron chi connectivity index (χ2n) is 6.89. The van der Waals surface area contributed by atoms with Crippen LogP contribution in [0.4, 0.5) is 5.82 Å². The first kappa shape index (κ1) is 18.2. The largest absolute Gasteiger partial charge is 0.382 e. The number of carbonyl (C=O) groups is 1. The summed E-state index contributed by atoms with van der Waals surface area (Å²) in [6.07, 6.45) is 4.82. The number of aromatic amines is 2. The molecular weight excluding hydrogens is 404 g/mol. The lowest BCUT2D eigenvalue weighted by atomic mass is 10.1. The van der Waals surface area contributed by atoms with E-state index in [-0.39, 0.29) is 5.91 Å². The standard InChI is InChI=1S/C20H17ClN8O/c21-13-4-11-6-14(7-24-20(30)15-2-1-3-23-15)28-16(11)12(5-13)8-29-10-27-17-18(22)25-9-26-19(17)29/h1-6,9-10,23,28H,7-8H2,(H,24,30)(H2,22,25,26). The van der Waals surface area contributed by atoms with Crippen LogP contribution in [0.15, 0.2) is 49.2 Å². The van der Waals surface area contributed by atoms with Crippen molar-refractivity contribution in [3.05, 3.63) is 71.2 Å². The number of amides is 1. The number of hydrogen-bond donors (Lipinski definition) is 4. The number of aromatic nitrogens is 6. The average molecular weight is 421 g/mol. The molecule has 0 aliphatic heterocycles. The monoisotopic (exact) mass is 420 g/mol. The van der Waals surface area contributed by atoms with E-state index in [0.29, 0.717) is 40.8 Å². The maximum Gasteiger partial charge on any atom is 0.268 e. The first-order valence-corrected chi connectivity index (χ1v) is 9.59. The number of fused-ring (bicyclic) bond motifs is 2. The maximum absolute atomic E-state index is 12.2. The first-order valence-electron chi connectivity index (χ1n) is 9.21. The summed E-state index contributed by atoms with van der Waals surface area (Å²) in [6, 6.07) is 9.28. The van der Waals surface area contributed by atoms with E-state index in [1.54, 1.807) is 24.7 Å². The fraction of sp³-hybridized carbons (Fsp3) is 0.100. The molecule has 0 fully saturated rings. The summed E-state index contributed by atoms with van der Waals surface area (Å²) in [5.41, 5.74) is 10.4. The Balaban J connectivity index is 1.45. The van der Waals surface area contributed by atoms with Gasteiger partial charge in [0.1, 0.15) is 17.5 Å². The molecule has 150 valence electrons. The summed E-state index contributed by atoms with van der Waals surface area (Å²) >= 11 is 6.35. The molecule has 0 spiro atoms. The number of imidazole rings is 1. The highest BCUT2D eigenvalue weighted by Gasteiger charge is 2.13. The van der Waals surface area contributed by atoms with Gasteiger partial charge < -0.3 is 25.6 Å². The molecule has 0 saturated heterocycles. The number of nitrogen functional groups attached to an aromatic ring is 1. The highest BCUT2D eigenvalue weighted by atomic mass is 35.5. The number of nitrogens with two attached hydrogens (primary N) is 1. The third-order valence-corrected chi connectivity index (χ3v) is 5.10. The van der Waals surface area contributed by atoms with Crippen molar-refractivity contribution in [2.75, 3.05) is 5.73 Å². The molecule has 0 aliphatic rings. The number of benzene rings is 1. The van der Waals surface area contributed by atoms with Gasteiger partial charge in [-0.25, -0.2) is 15.0 Å². The Hall–Kier alpha value is -3.85. The topological polar surface area (TPSA) is 130 Å². The van der Waals surface area contributed by atoms with Gasteiger partial charge in [-0.1, -0.05) is 11.6 Å². The molecule has 0 unspecified atom stereocenters. The number of nitrogens with zero attached hydrogens (tertiary/aromatic N) is 4. The number of anilines is 1. The molecule has 0 bridgehead atoms. The van der Waals surface area contributed by atoms with Crippen molar-refractivity contribution in [3.63, 3.8) is 0 Å². The minimum atomic E-state index is -0.168. The summed E-state index contributed by atoms with van der Waals surface area (Å²) in [6.45, 7) is 0.861. The van der Waals surface area contributed by atoms with Crippen LogP contribution >= 0.6 is 11.6 Å². The molecule has 4 heterocycles. The Morgan fingerprint density at radius 1 is 1.23 bits per heavy atom. The average Bonchev–Trinajstić information content (AvgIpc) is 3.46. The van der Waals surface area contributed by atoms with Crippen molar-refractivity contribution in [2.24, 2.45) is 0 Å². The summed E-state index contributed by atoms with van der Waals surface area (Å²) in [5.74, 6) is 0.175. The van der Waals surface area contributed by atoms with E-state index in [0.717, 1.165) is 22.2 Å². The van der Waals surface area contributed by atoms with Crippen molar-refractivity contribution < 1.29 is 4.79 Å². The quantitative estimate of drug-likeness (QED) is 0.347. The number of carbonyl (C=O) groups excluding carboxylic acids is 1. The van der Waals surface area contributed by atoms with Gasteiger partial charge in [-0.05, 0) is 35.9 Å². The Kier molecular flexibility index (Phi) is 4.36. The van der Waals surface area contributed by atoms with Gasteiger partial charge in [-0.15, -0.1) is 0 Å². The van der Waals surface area contributed by atoms with Crippen LogP contribution in [0.5, 0.6) is 0 Å². The second-order valence-corrected chi connectivity index (χ2v) is 7.33. The predicted octanol–water partition coefficient (Wildman–Crippen LogP) is 2.85. The molecule has 10 heteroatoms.